The van der Waals surface area contributed by atoms with Crippen LogP contribution in [-0.4, -0.2) is 62.1 Å². The van der Waals surface area contributed by atoms with Crippen LogP contribution in [0.15, 0.2) is 0 Å². The van der Waals surface area contributed by atoms with E-state index in [1.165, 1.54) is 6.92 Å². The zero-order valence-electron chi connectivity index (χ0n) is 16.6. The summed E-state index contributed by atoms with van der Waals surface area (Å²) in [6.45, 7) is 21.0. The molecule has 144 valence electrons. The van der Waals surface area contributed by atoms with Gasteiger partial charge in [0, 0.05) is 18.1 Å². The van der Waals surface area contributed by atoms with E-state index in [0.29, 0.717) is 19.6 Å². The van der Waals surface area contributed by atoms with E-state index in [1.54, 1.807) is 0 Å². The number of nitrogens with zero attached hydrogens (tertiary/aromatic N) is 2. The molecule has 0 aliphatic rings. The summed E-state index contributed by atoms with van der Waals surface area (Å²) in [7, 11) is 4.34. The Morgan fingerprint density at radius 3 is 2.12 bits per heavy atom. The predicted octanol–water partition coefficient (Wildman–Crippen LogP) is 4.32. The van der Waals surface area contributed by atoms with Gasteiger partial charge in [-0.15, -0.1) is 0 Å². The molecule has 2 radical (unpaired) electrons. The normalized spacial score (nSPS) is 18.2. The molecule has 0 fully saturated rings. The van der Waals surface area contributed by atoms with Crippen LogP contribution in [0.2, 0.25) is 0 Å². The summed E-state index contributed by atoms with van der Waals surface area (Å²) in [4.78, 5) is 3.32. The van der Waals surface area contributed by atoms with E-state index in [9.17, 15) is 4.39 Å². The standard InChI is InChI=1S/C17H33BFN2O3P/c1-9-16(23-17(18)14(6)19)15(7)24-25(22-11-10-20-8)21(12(2)3)13(4)5/h12-17H,9-11H2,1-7H3/t14-,15+,16-,17?,25?/m1/s1. The van der Waals surface area contributed by atoms with Crippen LogP contribution in [-0.2, 0) is 13.8 Å². The lowest BCUT2D eigenvalue weighted by Crippen LogP contribution is -2.38. The fraction of sp³-hybridized carbons (Fsp3) is 0.941. The minimum atomic E-state index is -1.36. The van der Waals surface area contributed by atoms with Gasteiger partial charge in [0.1, 0.15) is 20.6 Å². The van der Waals surface area contributed by atoms with E-state index < -0.39 is 20.7 Å². The molecule has 0 saturated heterocycles. The topological polar surface area (TPSA) is 35.3 Å². The van der Waals surface area contributed by atoms with Crippen LogP contribution in [0.25, 0.3) is 4.85 Å². The summed E-state index contributed by atoms with van der Waals surface area (Å²) < 4.78 is 33.1. The van der Waals surface area contributed by atoms with E-state index in [-0.39, 0.29) is 24.3 Å². The first kappa shape index (κ1) is 24.8. The summed E-state index contributed by atoms with van der Waals surface area (Å²) in [6.07, 6.45) is -1.24. The fourth-order valence-electron chi connectivity index (χ4n) is 2.35. The first-order chi connectivity index (χ1) is 11.6. The van der Waals surface area contributed by atoms with Crippen molar-refractivity contribution in [2.45, 2.75) is 91.4 Å². The first-order valence-corrected chi connectivity index (χ1v) is 10.0. The summed E-state index contributed by atoms with van der Waals surface area (Å²) in [5, 5.41) is 0. The average Bonchev–Trinajstić information content (AvgIpc) is 2.51. The van der Waals surface area contributed by atoms with Crippen molar-refractivity contribution in [1.29, 1.82) is 0 Å². The Labute approximate surface area is 155 Å². The third-order valence-corrected chi connectivity index (χ3v) is 5.84. The molecule has 0 amide bonds. The van der Waals surface area contributed by atoms with Crippen LogP contribution < -0.4 is 0 Å². The first-order valence-electron chi connectivity index (χ1n) is 8.91. The van der Waals surface area contributed by atoms with Gasteiger partial charge >= 0.3 is 0 Å². The van der Waals surface area contributed by atoms with Crippen LogP contribution in [0, 0.1) is 6.57 Å². The second kappa shape index (κ2) is 13.0. The zero-order chi connectivity index (χ0) is 19.6. The average molecular weight is 374 g/mol. The molecule has 8 heteroatoms. The van der Waals surface area contributed by atoms with Crippen molar-refractivity contribution in [2.75, 3.05) is 13.2 Å². The van der Waals surface area contributed by atoms with Crippen molar-refractivity contribution in [2.24, 2.45) is 0 Å². The molecular formula is C17H33BFN2O3P. The Balaban J connectivity index is 5.08. The number of hydrogen-bond acceptors (Lipinski definition) is 4. The predicted molar refractivity (Wildman–Crippen MR) is 102 cm³/mol. The molecular weight excluding hydrogens is 341 g/mol. The molecule has 25 heavy (non-hydrogen) atoms. The lowest BCUT2D eigenvalue weighted by Gasteiger charge is -2.38. The van der Waals surface area contributed by atoms with Gasteiger partial charge in [0.05, 0.1) is 12.2 Å². The Morgan fingerprint density at radius 2 is 1.72 bits per heavy atom. The SMILES string of the molecule is [B]C(O[C@H](CC)[C@H](C)OP(OCC[N+]#[C-])N(C(C)C)C(C)C)[C@@H](C)F. The molecule has 0 rings (SSSR count). The lowest BCUT2D eigenvalue weighted by molar-refractivity contribution is -0.0584. The van der Waals surface area contributed by atoms with Gasteiger partial charge in [-0.25, -0.2) is 15.6 Å². The number of alkyl halides is 1. The van der Waals surface area contributed by atoms with E-state index >= 15 is 0 Å². The van der Waals surface area contributed by atoms with Gasteiger partial charge in [0.15, 0.2) is 0 Å². The van der Waals surface area contributed by atoms with Crippen molar-refractivity contribution >= 4 is 16.4 Å². The van der Waals surface area contributed by atoms with Crippen LogP contribution in [0.1, 0.15) is 54.9 Å². The van der Waals surface area contributed by atoms with Gasteiger partial charge in [-0.2, -0.15) is 0 Å². The maximum Gasteiger partial charge on any atom is 0.259 e. The van der Waals surface area contributed by atoms with Gasteiger partial charge in [-0.1, -0.05) is 6.92 Å². The summed E-state index contributed by atoms with van der Waals surface area (Å²) in [6, 6.07) is -0.530. The minimum Gasteiger partial charge on any atom is -0.379 e. The Morgan fingerprint density at radius 1 is 1.16 bits per heavy atom. The van der Waals surface area contributed by atoms with Gasteiger partial charge in [-0.05, 0) is 48.0 Å². The molecule has 0 spiro atoms. The molecule has 0 aromatic rings. The molecule has 0 aliphatic heterocycles. The van der Waals surface area contributed by atoms with E-state index in [4.69, 9.17) is 28.2 Å². The second-order valence-corrected chi connectivity index (χ2v) is 7.96. The van der Waals surface area contributed by atoms with Crippen molar-refractivity contribution in [1.82, 2.24) is 4.67 Å². The van der Waals surface area contributed by atoms with Crippen LogP contribution in [0.5, 0.6) is 0 Å². The number of halogens is 1. The fourth-order valence-corrected chi connectivity index (χ4v) is 4.06. The van der Waals surface area contributed by atoms with Crippen molar-refractivity contribution in [3.8, 4) is 0 Å². The summed E-state index contributed by atoms with van der Waals surface area (Å²) in [5.41, 5.74) is 0. The highest BCUT2D eigenvalue weighted by atomic mass is 31.2. The second-order valence-electron chi connectivity index (χ2n) is 6.56. The van der Waals surface area contributed by atoms with Crippen molar-refractivity contribution in [3.63, 3.8) is 0 Å². The molecule has 0 heterocycles. The molecule has 0 bridgehead atoms. The molecule has 0 aliphatic carbocycles. The highest BCUT2D eigenvalue weighted by Crippen LogP contribution is 2.47. The number of hydrogen-bond donors (Lipinski definition) is 0. The Kier molecular flexibility index (Phi) is 12.9. The van der Waals surface area contributed by atoms with E-state index in [0.717, 1.165) is 0 Å². The Bertz CT molecular complexity index is 389. The molecule has 5 atom stereocenters. The number of ether oxygens (including phenoxy) is 1. The highest BCUT2D eigenvalue weighted by Gasteiger charge is 2.32. The molecule has 0 aromatic heterocycles. The number of rotatable bonds is 13. The van der Waals surface area contributed by atoms with Crippen molar-refractivity contribution < 1.29 is 18.2 Å². The monoisotopic (exact) mass is 374 g/mol. The minimum absolute atomic E-state index is 0.223. The third kappa shape index (κ3) is 9.31. The maximum atomic E-state index is 13.3. The van der Waals surface area contributed by atoms with E-state index in [1.807, 2.05) is 13.8 Å². The van der Waals surface area contributed by atoms with Crippen molar-refractivity contribution in [3.05, 3.63) is 11.4 Å². The zero-order valence-corrected chi connectivity index (χ0v) is 17.5. The molecule has 0 N–H and O–H groups in total. The quantitative estimate of drug-likeness (QED) is 0.208. The van der Waals surface area contributed by atoms with Crippen LogP contribution in [0.3, 0.4) is 0 Å². The van der Waals surface area contributed by atoms with Gasteiger partial charge in [0.25, 0.3) is 8.53 Å². The molecule has 2 unspecified atom stereocenters. The lowest BCUT2D eigenvalue weighted by atomic mass is 9.95. The largest absolute Gasteiger partial charge is 0.379 e. The third-order valence-electron chi connectivity index (χ3n) is 3.62. The molecule has 0 aromatic carbocycles. The van der Waals surface area contributed by atoms with Gasteiger partial charge in [0.2, 0.25) is 6.54 Å². The Hall–Kier alpha value is -0.245. The molecule has 5 nitrogen and oxygen atoms in total. The van der Waals surface area contributed by atoms with E-state index in [2.05, 4.69) is 37.2 Å². The van der Waals surface area contributed by atoms with Gasteiger partial charge < -0.3 is 18.6 Å². The maximum absolute atomic E-state index is 13.3. The smallest absolute Gasteiger partial charge is 0.259 e. The summed E-state index contributed by atoms with van der Waals surface area (Å²) >= 11 is 0. The highest BCUT2D eigenvalue weighted by molar-refractivity contribution is 7.44. The van der Waals surface area contributed by atoms with Crippen LogP contribution in [0.4, 0.5) is 4.39 Å². The van der Waals surface area contributed by atoms with Gasteiger partial charge in [-0.3, -0.25) is 0 Å². The van der Waals surface area contributed by atoms with Crippen LogP contribution >= 0.6 is 8.53 Å². The summed E-state index contributed by atoms with van der Waals surface area (Å²) in [5.74, 6) is 0. The molecule has 0 saturated carbocycles.